The van der Waals surface area contributed by atoms with Crippen molar-refractivity contribution in [2.45, 2.75) is 13.8 Å². The van der Waals surface area contributed by atoms with Gasteiger partial charge in [0.15, 0.2) is 17.5 Å². The first kappa shape index (κ1) is 30.0. The summed E-state index contributed by atoms with van der Waals surface area (Å²) in [6.07, 6.45) is 0. The van der Waals surface area contributed by atoms with Gasteiger partial charge in [0.05, 0.1) is 22.1 Å². The van der Waals surface area contributed by atoms with Crippen LogP contribution in [0.1, 0.15) is 11.1 Å². The van der Waals surface area contributed by atoms with Crippen LogP contribution in [0.4, 0.5) is 0 Å². The first-order chi connectivity index (χ1) is 25.6. The number of aromatic nitrogens is 5. The van der Waals surface area contributed by atoms with Crippen LogP contribution in [0.15, 0.2) is 164 Å². The Bertz CT molecular complexity index is 2970. The highest BCUT2D eigenvalue weighted by Crippen LogP contribution is 2.41. The molecule has 0 aliphatic carbocycles. The topological polar surface area (TPSA) is 48.5 Å². The Morgan fingerprint density at radius 1 is 0.404 bits per heavy atom. The molecule has 0 saturated carbocycles. The molecule has 10 rings (SSSR count). The molecule has 0 fully saturated rings. The normalized spacial score (nSPS) is 11.7. The Hall–Kier alpha value is -6.85. The second-order valence-electron chi connectivity index (χ2n) is 13.4. The van der Waals surface area contributed by atoms with E-state index in [0.29, 0.717) is 17.5 Å². The summed E-state index contributed by atoms with van der Waals surface area (Å²) in [5, 5.41) is 4.55. The van der Waals surface area contributed by atoms with Gasteiger partial charge in [-0.15, -0.1) is 0 Å². The molecule has 246 valence electrons. The molecule has 0 bridgehead atoms. The third-order valence-electron chi connectivity index (χ3n) is 10.2. The summed E-state index contributed by atoms with van der Waals surface area (Å²) in [4.78, 5) is 15.8. The molecule has 10 aromatic rings. The lowest BCUT2D eigenvalue weighted by molar-refractivity contribution is 1.08. The van der Waals surface area contributed by atoms with Crippen molar-refractivity contribution in [1.82, 2.24) is 24.1 Å². The van der Waals surface area contributed by atoms with Crippen LogP contribution in [-0.2, 0) is 0 Å². The maximum atomic E-state index is 5.37. The summed E-state index contributed by atoms with van der Waals surface area (Å²) in [6, 6.07) is 57.6. The number of aryl methyl sites for hydroxylation is 2. The van der Waals surface area contributed by atoms with Crippen LogP contribution in [0.2, 0.25) is 0 Å². The average molecular weight is 668 g/mol. The number of hydrogen-bond donors (Lipinski definition) is 0. The standard InChI is InChI=1S/C47H33N5/c1-30-27-28-35-42(29-30)52(38-23-11-9-15-31(38)2)41-26-14-22-37(44(35)41)47-49-45(32-16-5-3-6-17-32)48-46(50-47)36-21-13-25-40-43(36)34-20-10-12-24-39(34)51(40)33-18-7-4-8-19-33/h3-29H,1-2H3. The van der Waals surface area contributed by atoms with Gasteiger partial charge in [-0.1, -0.05) is 121 Å². The van der Waals surface area contributed by atoms with Crippen molar-refractivity contribution < 1.29 is 0 Å². The Labute approximate surface area is 301 Å². The second kappa shape index (κ2) is 11.9. The van der Waals surface area contributed by atoms with Crippen LogP contribution in [0.5, 0.6) is 0 Å². The van der Waals surface area contributed by atoms with Crippen molar-refractivity contribution >= 4 is 43.6 Å². The van der Waals surface area contributed by atoms with Crippen LogP contribution in [0.3, 0.4) is 0 Å². The predicted octanol–water partition coefficient (Wildman–Crippen LogP) is 11.7. The molecule has 0 radical (unpaired) electrons. The first-order valence-electron chi connectivity index (χ1n) is 17.6. The van der Waals surface area contributed by atoms with Crippen molar-refractivity contribution in [2.24, 2.45) is 0 Å². The van der Waals surface area contributed by atoms with Crippen LogP contribution in [0.25, 0.3) is 89.2 Å². The van der Waals surface area contributed by atoms with Gasteiger partial charge in [0.25, 0.3) is 0 Å². The lowest BCUT2D eigenvalue weighted by Gasteiger charge is -2.12. The van der Waals surface area contributed by atoms with E-state index in [1.807, 2.05) is 18.2 Å². The van der Waals surface area contributed by atoms with E-state index in [4.69, 9.17) is 15.0 Å². The van der Waals surface area contributed by atoms with Crippen molar-refractivity contribution in [1.29, 1.82) is 0 Å². The second-order valence-corrected chi connectivity index (χ2v) is 13.4. The van der Waals surface area contributed by atoms with E-state index >= 15 is 0 Å². The summed E-state index contributed by atoms with van der Waals surface area (Å²) in [5.41, 5.74) is 12.1. The van der Waals surface area contributed by atoms with Crippen LogP contribution >= 0.6 is 0 Å². The zero-order valence-electron chi connectivity index (χ0n) is 28.8. The minimum Gasteiger partial charge on any atom is -0.309 e. The van der Waals surface area contributed by atoms with E-state index in [9.17, 15) is 0 Å². The molecular weight excluding hydrogens is 635 g/mol. The third kappa shape index (κ3) is 4.67. The van der Waals surface area contributed by atoms with Crippen molar-refractivity contribution in [3.8, 4) is 45.5 Å². The summed E-state index contributed by atoms with van der Waals surface area (Å²) in [6.45, 7) is 4.33. The number of nitrogens with zero attached hydrogens (tertiary/aromatic N) is 5. The molecule has 0 saturated heterocycles. The minimum atomic E-state index is 0.639. The number of para-hydroxylation sites is 3. The molecule has 3 heterocycles. The van der Waals surface area contributed by atoms with Crippen molar-refractivity contribution in [2.75, 3.05) is 0 Å². The molecule has 0 aliphatic heterocycles. The van der Waals surface area contributed by atoms with E-state index in [-0.39, 0.29) is 0 Å². The Morgan fingerprint density at radius 3 is 1.67 bits per heavy atom. The molecule has 52 heavy (non-hydrogen) atoms. The number of rotatable bonds is 5. The fourth-order valence-corrected chi connectivity index (χ4v) is 7.83. The fourth-order valence-electron chi connectivity index (χ4n) is 7.83. The van der Waals surface area contributed by atoms with Crippen molar-refractivity contribution in [3.63, 3.8) is 0 Å². The van der Waals surface area contributed by atoms with Gasteiger partial charge in [0, 0.05) is 49.6 Å². The highest BCUT2D eigenvalue weighted by Gasteiger charge is 2.22. The monoisotopic (exact) mass is 667 g/mol. The first-order valence-corrected chi connectivity index (χ1v) is 17.6. The zero-order valence-corrected chi connectivity index (χ0v) is 28.8. The van der Waals surface area contributed by atoms with Crippen molar-refractivity contribution in [3.05, 3.63) is 175 Å². The van der Waals surface area contributed by atoms with Gasteiger partial charge in [-0.25, -0.2) is 15.0 Å². The molecule has 7 aromatic carbocycles. The largest absolute Gasteiger partial charge is 0.309 e. The molecule has 0 unspecified atom stereocenters. The Balaban J connectivity index is 1.29. The van der Waals surface area contributed by atoms with Crippen LogP contribution in [-0.4, -0.2) is 24.1 Å². The van der Waals surface area contributed by atoms with Gasteiger partial charge in [0.1, 0.15) is 0 Å². The van der Waals surface area contributed by atoms with Gasteiger partial charge in [0.2, 0.25) is 0 Å². The molecule has 3 aromatic heterocycles. The number of hydrogen-bond acceptors (Lipinski definition) is 3. The van der Waals surface area contributed by atoms with Gasteiger partial charge in [-0.3, -0.25) is 0 Å². The van der Waals surface area contributed by atoms with Gasteiger partial charge < -0.3 is 9.13 Å². The van der Waals surface area contributed by atoms with E-state index < -0.39 is 0 Å². The van der Waals surface area contributed by atoms with Gasteiger partial charge in [-0.2, -0.15) is 0 Å². The maximum absolute atomic E-state index is 5.37. The van der Waals surface area contributed by atoms with Gasteiger partial charge >= 0.3 is 0 Å². The molecule has 0 atom stereocenters. The quantitative estimate of drug-likeness (QED) is 0.184. The predicted molar refractivity (Wildman–Crippen MR) is 214 cm³/mol. The zero-order chi connectivity index (χ0) is 34.8. The molecule has 0 aliphatic rings. The Morgan fingerprint density at radius 2 is 0.962 bits per heavy atom. The molecule has 0 N–H and O–H groups in total. The molecular formula is C47H33N5. The summed E-state index contributed by atoms with van der Waals surface area (Å²) in [7, 11) is 0. The van der Waals surface area contributed by atoms with E-state index in [2.05, 4.69) is 169 Å². The van der Waals surface area contributed by atoms with Crippen LogP contribution < -0.4 is 0 Å². The fraction of sp³-hybridized carbons (Fsp3) is 0.0426. The van der Waals surface area contributed by atoms with E-state index in [0.717, 1.165) is 71.7 Å². The molecule has 5 heteroatoms. The van der Waals surface area contributed by atoms with Gasteiger partial charge in [-0.05, 0) is 67.4 Å². The minimum absolute atomic E-state index is 0.639. The smallest absolute Gasteiger partial charge is 0.164 e. The highest BCUT2D eigenvalue weighted by molar-refractivity contribution is 6.17. The Kier molecular flexibility index (Phi) is 6.86. The molecule has 5 nitrogen and oxygen atoms in total. The third-order valence-corrected chi connectivity index (χ3v) is 10.2. The SMILES string of the molecule is Cc1ccc2c3c(-c4nc(-c5ccccc5)nc(-c5cccc6c5c5ccccc5n6-c5ccccc5)n4)cccc3n(-c3ccccc3C)c2c1. The number of benzene rings is 7. The summed E-state index contributed by atoms with van der Waals surface area (Å²) < 4.78 is 4.72. The average Bonchev–Trinajstić information content (AvgIpc) is 3.71. The highest BCUT2D eigenvalue weighted by atomic mass is 15.0. The van der Waals surface area contributed by atoms with Crippen LogP contribution in [0, 0.1) is 13.8 Å². The number of fused-ring (bicyclic) bond motifs is 6. The molecule has 0 amide bonds. The van der Waals surface area contributed by atoms with E-state index in [1.54, 1.807) is 0 Å². The lowest BCUT2D eigenvalue weighted by atomic mass is 10.0. The summed E-state index contributed by atoms with van der Waals surface area (Å²) >= 11 is 0. The summed E-state index contributed by atoms with van der Waals surface area (Å²) in [5.74, 6) is 1.92. The maximum Gasteiger partial charge on any atom is 0.164 e. The van der Waals surface area contributed by atoms with E-state index in [1.165, 1.54) is 11.1 Å². The molecule has 0 spiro atoms. The lowest BCUT2D eigenvalue weighted by Crippen LogP contribution is -2.01.